The number of benzene rings is 2. The molecule has 0 nitrogen and oxygen atoms in total. The second kappa shape index (κ2) is 5.41. The second-order valence-electron chi connectivity index (χ2n) is 7.19. The third-order valence-electron chi connectivity index (χ3n) is 7.88. The van der Waals surface area contributed by atoms with Crippen molar-refractivity contribution in [1.82, 2.24) is 0 Å². The fourth-order valence-electron chi connectivity index (χ4n) is 5.29. The Morgan fingerprint density at radius 3 is 1.05 bits per heavy atom. The first-order valence-electron chi connectivity index (χ1n) is 8.56. The molecule has 21 heavy (non-hydrogen) atoms. The SMILES string of the molecule is C[CH2][Ti]([CH2]C)([CH2]C)([CH2]C)([c]1ccccc1)[c]1ccccc1. The van der Waals surface area contributed by atoms with Crippen LogP contribution in [0.2, 0.25) is 18.9 Å². The van der Waals surface area contributed by atoms with Crippen molar-refractivity contribution in [2.24, 2.45) is 0 Å². The van der Waals surface area contributed by atoms with Gasteiger partial charge in [0.1, 0.15) is 0 Å². The van der Waals surface area contributed by atoms with Gasteiger partial charge in [0.2, 0.25) is 0 Å². The maximum atomic E-state index is 2.45. The van der Waals surface area contributed by atoms with Crippen LogP contribution in [0.1, 0.15) is 27.7 Å². The van der Waals surface area contributed by atoms with Crippen LogP contribution in [0.25, 0.3) is 0 Å². The number of hydrogen-bond donors (Lipinski definition) is 0. The molecule has 0 aliphatic rings. The van der Waals surface area contributed by atoms with Gasteiger partial charge in [-0.1, -0.05) is 0 Å². The Balaban J connectivity index is 3.01. The molecule has 0 fully saturated rings. The average Bonchev–Trinajstić information content (AvgIpc) is 2.61. The molecular weight excluding hydrogens is 288 g/mol. The molecule has 0 unspecified atom stereocenters. The van der Waals surface area contributed by atoms with Crippen molar-refractivity contribution in [2.75, 3.05) is 0 Å². The van der Waals surface area contributed by atoms with Gasteiger partial charge < -0.3 is 0 Å². The van der Waals surface area contributed by atoms with Gasteiger partial charge in [0, 0.05) is 0 Å². The normalized spacial score (nSPS) is 15.2. The molecule has 2 rings (SSSR count). The Hall–Kier alpha value is -0.846. The van der Waals surface area contributed by atoms with Crippen molar-refractivity contribution in [2.45, 2.75) is 46.6 Å². The molecule has 0 spiro atoms. The van der Waals surface area contributed by atoms with E-state index in [9.17, 15) is 0 Å². The predicted molar refractivity (Wildman–Crippen MR) is 94.1 cm³/mol. The molecule has 0 atom stereocenters. The van der Waals surface area contributed by atoms with Crippen LogP contribution in [0.5, 0.6) is 0 Å². The van der Waals surface area contributed by atoms with Crippen LogP contribution in [0, 0.1) is 0 Å². The first kappa shape index (κ1) is 16.5. The van der Waals surface area contributed by atoms with Gasteiger partial charge in [-0.15, -0.1) is 0 Å². The first-order chi connectivity index (χ1) is 10.1. The molecule has 0 radical (unpaired) electrons. The predicted octanol–water partition coefficient (Wildman–Crippen LogP) is 5.62. The van der Waals surface area contributed by atoms with E-state index in [1.54, 1.807) is 7.74 Å². The molecule has 0 aliphatic heterocycles. The molecule has 0 N–H and O–H groups in total. The molecule has 0 bridgehead atoms. The molecule has 0 aromatic heterocycles. The minimum absolute atomic E-state index is 1.30. The van der Waals surface area contributed by atoms with E-state index in [2.05, 4.69) is 88.4 Å². The summed E-state index contributed by atoms with van der Waals surface area (Å²) in [7, 11) is 0. The van der Waals surface area contributed by atoms with E-state index in [0.717, 1.165) is 0 Å². The Morgan fingerprint density at radius 1 is 0.524 bits per heavy atom. The maximum absolute atomic E-state index is 3.53. The van der Waals surface area contributed by atoms with Crippen LogP contribution < -0.4 is 7.74 Å². The number of rotatable bonds is 6. The van der Waals surface area contributed by atoms with Gasteiger partial charge in [-0.25, -0.2) is 0 Å². The Labute approximate surface area is 129 Å². The van der Waals surface area contributed by atoms with Crippen LogP contribution in [0.15, 0.2) is 60.7 Å². The van der Waals surface area contributed by atoms with Crippen LogP contribution in [-0.2, 0) is 14.0 Å². The summed E-state index contributed by atoms with van der Waals surface area (Å²) in [5, 5.41) is 0. The van der Waals surface area contributed by atoms with E-state index < -0.39 is 14.0 Å². The fourth-order valence-corrected chi connectivity index (χ4v) is 19.7. The second-order valence-corrected chi connectivity index (χ2v) is 22.9. The molecule has 1 heteroatoms. The van der Waals surface area contributed by atoms with Gasteiger partial charge >= 0.3 is 129 Å². The zero-order valence-electron chi connectivity index (χ0n) is 14.1. The van der Waals surface area contributed by atoms with Crippen LogP contribution in [0.3, 0.4) is 0 Å². The molecule has 0 heterocycles. The van der Waals surface area contributed by atoms with E-state index in [0.29, 0.717) is 0 Å². The fraction of sp³-hybridized carbons (Fsp3) is 0.400. The molecule has 0 saturated heterocycles. The van der Waals surface area contributed by atoms with E-state index >= 15 is 0 Å². The summed E-state index contributed by atoms with van der Waals surface area (Å²) in [4.78, 5) is 0. The zero-order chi connectivity index (χ0) is 15.5. The van der Waals surface area contributed by atoms with E-state index in [-0.39, 0.29) is 0 Å². The summed E-state index contributed by atoms with van der Waals surface area (Å²) in [6, 6.07) is 22.9. The standard InChI is InChI=1S/2C6H5.4C2H5.Ti/c2*1-2-4-6-5-3-1;4*1-2;/h2*1-5H;4*1H2,2H3;. The van der Waals surface area contributed by atoms with E-state index in [1.807, 2.05) is 0 Å². The van der Waals surface area contributed by atoms with Crippen molar-refractivity contribution in [3.8, 4) is 0 Å². The van der Waals surface area contributed by atoms with Crippen LogP contribution >= 0.6 is 0 Å². The van der Waals surface area contributed by atoms with E-state index in [1.165, 1.54) is 18.9 Å². The van der Waals surface area contributed by atoms with Crippen molar-refractivity contribution in [3.63, 3.8) is 0 Å². The molecular formula is C20H30Ti. The summed E-state index contributed by atoms with van der Waals surface area (Å²) in [5.41, 5.74) is 0. The first-order valence-corrected chi connectivity index (χ1v) is 14.5. The van der Waals surface area contributed by atoms with Crippen molar-refractivity contribution in [3.05, 3.63) is 60.7 Å². The topological polar surface area (TPSA) is 0 Å². The minimum atomic E-state index is -3.53. The van der Waals surface area contributed by atoms with Gasteiger partial charge in [-0.05, 0) is 0 Å². The van der Waals surface area contributed by atoms with Gasteiger partial charge in [0.15, 0.2) is 0 Å². The van der Waals surface area contributed by atoms with Gasteiger partial charge in [-0.3, -0.25) is 0 Å². The Kier molecular flexibility index (Phi) is 4.26. The summed E-state index contributed by atoms with van der Waals surface area (Å²) in [6.07, 6.45) is 0. The number of hydrogen-bond acceptors (Lipinski definition) is 0. The molecule has 2 aromatic rings. The molecule has 114 valence electrons. The summed E-state index contributed by atoms with van der Waals surface area (Å²) in [6.45, 7) is 9.78. The third kappa shape index (κ3) is 1.85. The van der Waals surface area contributed by atoms with Gasteiger partial charge in [-0.2, -0.15) is 0 Å². The van der Waals surface area contributed by atoms with Crippen LogP contribution in [0.4, 0.5) is 0 Å². The van der Waals surface area contributed by atoms with Crippen molar-refractivity contribution < 1.29 is 14.0 Å². The van der Waals surface area contributed by atoms with E-state index in [4.69, 9.17) is 0 Å². The average molecular weight is 318 g/mol. The van der Waals surface area contributed by atoms with Gasteiger partial charge in [0.05, 0.1) is 0 Å². The Bertz CT molecular complexity index is 521. The monoisotopic (exact) mass is 318 g/mol. The Morgan fingerprint density at radius 2 is 0.810 bits per heavy atom. The van der Waals surface area contributed by atoms with Crippen molar-refractivity contribution >= 4 is 7.74 Å². The summed E-state index contributed by atoms with van der Waals surface area (Å²) < 4.78 is 8.52. The summed E-state index contributed by atoms with van der Waals surface area (Å²) >= 11 is -3.53. The zero-order valence-corrected chi connectivity index (χ0v) is 15.7. The van der Waals surface area contributed by atoms with Gasteiger partial charge in [0.25, 0.3) is 0 Å². The van der Waals surface area contributed by atoms with Crippen molar-refractivity contribution in [1.29, 1.82) is 0 Å². The third-order valence-corrected chi connectivity index (χ3v) is 28.7. The summed E-state index contributed by atoms with van der Waals surface area (Å²) in [5.74, 6) is 0. The molecule has 0 saturated carbocycles. The van der Waals surface area contributed by atoms with Crippen LogP contribution in [-0.4, -0.2) is 0 Å². The quantitative estimate of drug-likeness (QED) is 0.607. The molecule has 2 aromatic carbocycles. The molecule has 0 amide bonds. The molecule has 0 aliphatic carbocycles.